The quantitative estimate of drug-likeness (QED) is 0.707. The molecule has 0 aromatic heterocycles. The Labute approximate surface area is 182 Å². The van der Waals surface area contributed by atoms with E-state index in [9.17, 15) is 18.0 Å². The molecule has 0 bridgehead atoms. The fraction of sp³-hybridized carbons (Fsp3) is 0.364. The third kappa shape index (κ3) is 5.35. The number of hydrogen-bond acceptors (Lipinski definition) is 5. The number of hydrogen-bond donors (Lipinski definition) is 1. The Kier molecular flexibility index (Phi) is 6.84. The maximum Gasteiger partial charge on any atom is 0.255 e. The van der Waals surface area contributed by atoms with Gasteiger partial charge in [-0.25, -0.2) is 8.42 Å². The van der Waals surface area contributed by atoms with E-state index in [1.165, 1.54) is 7.11 Å². The monoisotopic (exact) mass is 445 g/mol. The van der Waals surface area contributed by atoms with Crippen LogP contribution >= 0.6 is 0 Å². The van der Waals surface area contributed by atoms with E-state index in [4.69, 9.17) is 4.74 Å². The Hall–Kier alpha value is -3.07. The number of para-hydroxylation sites is 1. The molecule has 1 heterocycles. The van der Waals surface area contributed by atoms with Crippen LogP contribution in [0.1, 0.15) is 28.8 Å². The summed E-state index contributed by atoms with van der Waals surface area (Å²) >= 11 is 0. The van der Waals surface area contributed by atoms with Crippen molar-refractivity contribution < 1.29 is 22.7 Å². The summed E-state index contributed by atoms with van der Waals surface area (Å²) in [6.07, 6.45) is 2.96. The Balaban J connectivity index is 1.85. The minimum Gasteiger partial charge on any atom is -0.495 e. The Morgan fingerprint density at radius 2 is 1.81 bits per heavy atom. The van der Waals surface area contributed by atoms with Gasteiger partial charge < -0.3 is 15.0 Å². The molecule has 0 atom stereocenters. The summed E-state index contributed by atoms with van der Waals surface area (Å²) in [4.78, 5) is 27.4. The molecule has 0 saturated carbocycles. The molecule has 1 N–H and O–H groups in total. The van der Waals surface area contributed by atoms with E-state index in [0.29, 0.717) is 30.1 Å². The Morgan fingerprint density at radius 3 is 2.45 bits per heavy atom. The van der Waals surface area contributed by atoms with Crippen molar-refractivity contribution in [1.82, 2.24) is 4.90 Å². The summed E-state index contributed by atoms with van der Waals surface area (Å²) in [6.45, 7) is 2.75. The van der Waals surface area contributed by atoms with Crippen LogP contribution in [0.4, 0.5) is 11.4 Å². The molecular weight excluding hydrogens is 418 g/mol. The van der Waals surface area contributed by atoms with E-state index in [-0.39, 0.29) is 11.6 Å². The smallest absolute Gasteiger partial charge is 0.255 e. The third-order valence-electron chi connectivity index (χ3n) is 5.12. The number of aryl methyl sites for hydroxylation is 1. The van der Waals surface area contributed by atoms with E-state index in [2.05, 4.69) is 5.32 Å². The van der Waals surface area contributed by atoms with Crippen LogP contribution in [-0.4, -0.2) is 58.1 Å². The molecule has 0 aliphatic carbocycles. The molecular formula is C22H27N3O5S. The van der Waals surface area contributed by atoms with E-state index in [1.807, 2.05) is 6.92 Å². The van der Waals surface area contributed by atoms with Gasteiger partial charge >= 0.3 is 0 Å². The van der Waals surface area contributed by atoms with Crippen molar-refractivity contribution in [3.63, 3.8) is 0 Å². The van der Waals surface area contributed by atoms with Crippen LogP contribution < -0.4 is 14.4 Å². The van der Waals surface area contributed by atoms with Gasteiger partial charge in [-0.05, 0) is 49.6 Å². The normalized spacial score (nSPS) is 13.7. The first-order valence-corrected chi connectivity index (χ1v) is 11.9. The van der Waals surface area contributed by atoms with Crippen molar-refractivity contribution in [2.45, 2.75) is 19.8 Å². The van der Waals surface area contributed by atoms with Gasteiger partial charge in [0.15, 0.2) is 0 Å². The van der Waals surface area contributed by atoms with Gasteiger partial charge in [0.05, 0.1) is 30.3 Å². The number of amides is 2. The van der Waals surface area contributed by atoms with Gasteiger partial charge in [-0.2, -0.15) is 0 Å². The lowest BCUT2D eigenvalue weighted by molar-refractivity contribution is -0.114. The standard InChI is InChI=1S/C22H27N3O5S/c1-16-10-11-20(30-2)19(14-16)25(31(3,28)29)15-21(26)23-18-9-5-4-8-17(18)22(27)24-12-6-7-13-24/h4-5,8-11,14H,6-7,12-13,15H2,1-3H3,(H,23,26). The number of nitrogens with zero attached hydrogens (tertiary/aromatic N) is 2. The highest BCUT2D eigenvalue weighted by Gasteiger charge is 2.26. The van der Waals surface area contributed by atoms with Gasteiger partial charge in [0.25, 0.3) is 5.91 Å². The topological polar surface area (TPSA) is 96.0 Å². The molecule has 2 aromatic rings. The Morgan fingerprint density at radius 1 is 1.13 bits per heavy atom. The summed E-state index contributed by atoms with van der Waals surface area (Å²) in [6, 6.07) is 11.9. The zero-order chi connectivity index (χ0) is 22.6. The summed E-state index contributed by atoms with van der Waals surface area (Å²) in [7, 11) is -2.34. The van der Waals surface area contributed by atoms with Gasteiger partial charge in [0.2, 0.25) is 15.9 Å². The molecule has 31 heavy (non-hydrogen) atoms. The molecule has 1 aliphatic heterocycles. The molecule has 2 aromatic carbocycles. The second-order valence-corrected chi connectivity index (χ2v) is 9.44. The number of carbonyl (C=O) groups is 2. The highest BCUT2D eigenvalue weighted by Crippen LogP contribution is 2.31. The van der Waals surface area contributed by atoms with Crippen LogP contribution in [0.15, 0.2) is 42.5 Å². The first kappa shape index (κ1) is 22.6. The average molecular weight is 446 g/mol. The first-order valence-electron chi connectivity index (χ1n) is 10.0. The number of nitrogens with one attached hydrogen (secondary N) is 1. The van der Waals surface area contributed by atoms with Crippen molar-refractivity contribution in [3.05, 3.63) is 53.6 Å². The van der Waals surface area contributed by atoms with E-state index >= 15 is 0 Å². The van der Waals surface area contributed by atoms with E-state index < -0.39 is 22.5 Å². The largest absolute Gasteiger partial charge is 0.495 e. The summed E-state index contributed by atoms with van der Waals surface area (Å²) < 4.78 is 31.3. The molecule has 1 saturated heterocycles. The molecule has 9 heteroatoms. The van der Waals surface area contributed by atoms with Crippen molar-refractivity contribution in [3.8, 4) is 5.75 Å². The van der Waals surface area contributed by atoms with Crippen LogP contribution in [0.5, 0.6) is 5.75 Å². The fourth-order valence-electron chi connectivity index (χ4n) is 3.57. The average Bonchev–Trinajstić information content (AvgIpc) is 3.26. The van der Waals surface area contributed by atoms with Crippen LogP contribution in [0.2, 0.25) is 0 Å². The number of ether oxygens (including phenoxy) is 1. The van der Waals surface area contributed by atoms with Crippen molar-refractivity contribution in [2.75, 3.05) is 42.6 Å². The van der Waals surface area contributed by atoms with Gasteiger partial charge in [0.1, 0.15) is 12.3 Å². The van der Waals surface area contributed by atoms with Crippen molar-refractivity contribution >= 4 is 33.2 Å². The lowest BCUT2D eigenvalue weighted by atomic mass is 10.1. The maximum absolute atomic E-state index is 12.8. The predicted octanol–water partition coefficient (Wildman–Crippen LogP) is 2.64. The second-order valence-electron chi connectivity index (χ2n) is 7.54. The second kappa shape index (κ2) is 9.38. The van der Waals surface area contributed by atoms with Crippen molar-refractivity contribution in [2.24, 2.45) is 0 Å². The molecule has 1 aliphatic rings. The molecule has 2 amide bonds. The van der Waals surface area contributed by atoms with Crippen molar-refractivity contribution in [1.29, 1.82) is 0 Å². The molecule has 8 nitrogen and oxygen atoms in total. The van der Waals surface area contributed by atoms with Gasteiger partial charge in [0, 0.05) is 13.1 Å². The van der Waals surface area contributed by atoms with Crippen LogP contribution in [0, 0.1) is 6.92 Å². The lowest BCUT2D eigenvalue weighted by Crippen LogP contribution is -2.38. The number of methoxy groups -OCH3 is 1. The van der Waals surface area contributed by atoms with Gasteiger partial charge in [-0.1, -0.05) is 18.2 Å². The maximum atomic E-state index is 12.8. The summed E-state index contributed by atoms with van der Waals surface area (Å²) in [5.74, 6) is -0.363. The number of likely N-dealkylation sites (tertiary alicyclic amines) is 1. The minimum atomic E-state index is -3.78. The highest BCUT2D eigenvalue weighted by atomic mass is 32.2. The molecule has 166 valence electrons. The van der Waals surface area contributed by atoms with Gasteiger partial charge in [-0.3, -0.25) is 13.9 Å². The van der Waals surface area contributed by atoms with Gasteiger partial charge in [-0.15, -0.1) is 0 Å². The molecule has 0 unspecified atom stereocenters. The minimum absolute atomic E-state index is 0.145. The third-order valence-corrected chi connectivity index (χ3v) is 6.24. The summed E-state index contributed by atoms with van der Waals surface area (Å²) in [5.41, 5.74) is 1.85. The zero-order valence-electron chi connectivity index (χ0n) is 17.9. The number of benzene rings is 2. The van der Waals surface area contributed by atoms with E-state index in [1.54, 1.807) is 47.4 Å². The SMILES string of the molecule is COc1ccc(C)cc1N(CC(=O)Nc1ccccc1C(=O)N1CCCC1)S(C)(=O)=O. The molecule has 0 radical (unpaired) electrons. The Bertz CT molecular complexity index is 1080. The van der Waals surface area contributed by atoms with Crippen LogP contribution in [0.25, 0.3) is 0 Å². The number of anilines is 2. The summed E-state index contributed by atoms with van der Waals surface area (Å²) in [5, 5.41) is 2.71. The number of sulfonamides is 1. The number of carbonyl (C=O) groups excluding carboxylic acids is 2. The predicted molar refractivity (Wildman–Crippen MR) is 120 cm³/mol. The fourth-order valence-corrected chi connectivity index (χ4v) is 4.42. The molecule has 1 fully saturated rings. The van der Waals surface area contributed by atoms with Crippen LogP contribution in [0.3, 0.4) is 0 Å². The highest BCUT2D eigenvalue weighted by molar-refractivity contribution is 7.92. The number of rotatable bonds is 7. The molecule has 3 rings (SSSR count). The lowest BCUT2D eigenvalue weighted by Gasteiger charge is -2.24. The zero-order valence-corrected chi connectivity index (χ0v) is 18.7. The van der Waals surface area contributed by atoms with E-state index in [0.717, 1.165) is 29.0 Å². The molecule has 0 spiro atoms. The first-order chi connectivity index (χ1) is 14.7. The van der Waals surface area contributed by atoms with Crippen LogP contribution in [-0.2, 0) is 14.8 Å².